The van der Waals surface area contributed by atoms with Gasteiger partial charge in [-0.2, -0.15) is 0 Å². The summed E-state index contributed by atoms with van der Waals surface area (Å²) in [6.45, 7) is 3.52. The number of Topliss-reactive ketones (excluding diaryl/α,β-unsaturated/α-hetero) is 1. The summed E-state index contributed by atoms with van der Waals surface area (Å²) in [7, 11) is 1.39. The quantitative estimate of drug-likeness (QED) is 0.429. The lowest BCUT2D eigenvalue weighted by atomic mass is 9.92. The number of fused-ring (bicyclic) bond motifs is 3. The van der Waals surface area contributed by atoms with Gasteiger partial charge in [-0.25, -0.2) is 4.98 Å². The molecule has 1 heterocycles. The number of hydrogen-bond acceptors (Lipinski definition) is 6. The van der Waals surface area contributed by atoms with Crippen molar-refractivity contribution in [1.82, 2.24) is 4.98 Å². The molecule has 4 rings (SSSR count). The highest BCUT2D eigenvalue weighted by Gasteiger charge is 2.35. The maximum Gasteiger partial charge on any atom is 0.309 e. The van der Waals surface area contributed by atoms with E-state index in [2.05, 4.69) is 29.2 Å². The fourth-order valence-electron chi connectivity index (χ4n) is 4.33. The molecule has 6 nitrogen and oxygen atoms in total. The molecule has 0 spiro atoms. The number of benzene rings is 2. The molecule has 0 radical (unpaired) electrons. The molecule has 164 valence electrons. The maximum absolute atomic E-state index is 12.8. The molecular weight excluding hydrogens is 406 g/mol. The first-order valence-corrected chi connectivity index (χ1v) is 10.6. The lowest BCUT2D eigenvalue weighted by molar-refractivity contribution is -0.153. The van der Waals surface area contributed by atoms with Crippen molar-refractivity contribution in [3.63, 3.8) is 0 Å². The second-order valence-electron chi connectivity index (χ2n) is 8.03. The minimum absolute atomic E-state index is 0.0710. The Balaban J connectivity index is 1.48. The number of aromatic hydroxyl groups is 1. The van der Waals surface area contributed by atoms with E-state index in [-0.39, 0.29) is 29.5 Å². The highest BCUT2D eigenvalue weighted by molar-refractivity contribution is 5.99. The van der Waals surface area contributed by atoms with Gasteiger partial charge in [-0.05, 0) is 29.2 Å². The average molecular weight is 431 g/mol. The van der Waals surface area contributed by atoms with E-state index in [1.807, 2.05) is 31.2 Å². The molecule has 1 unspecified atom stereocenters. The predicted molar refractivity (Wildman–Crippen MR) is 120 cm³/mol. The Hall–Kier alpha value is -3.67. The van der Waals surface area contributed by atoms with Crippen molar-refractivity contribution in [3.05, 3.63) is 77.6 Å². The maximum atomic E-state index is 12.8. The average Bonchev–Trinajstić information content (AvgIpc) is 3.13. The highest BCUT2D eigenvalue weighted by atomic mass is 16.5. The van der Waals surface area contributed by atoms with Gasteiger partial charge in [-0.15, -0.1) is 0 Å². The van der Waals surface area contributed by atoms with Crippen LogP contribution in [0.15, 0.2) is 60.8 Å². The largest absolute Gasteiger partial charge is 0.503 e. The van der Waals surface area contributed by atoms with Crippen LogP contribution in [0.1, 0.15) is 47.8 Å². The molecule has 1 aliphatic rings. The number of carbonyl (C=O) groups excluding carboxylic acids is 2. The van der Waals surface area contributed by atoms with E-state index < -0.39 is 23.8 Å². The molecule has 2 atom stereocenters. The number of ketones is 1. The van der Waals surface area contributed by atoms with Gasteiger partial charge in [0.25, 0.3) is 0 Å². The number of rotatable bonds is 7. The van der Waals surface area contributed by atoms with E-state index in [9.17, 15) is 14.7 Å². The summed E-state index contributed by atoms with van der Waals surface area (Å²) in [5.41, 5.74) is 4.44. The van der Waals surface area contributed by atoms with E-state index in [1.54, 1.807) is 6.92 Å². The molecular formula is C26H25NO5. The van der Waals surface area contributed by atoms with Gasteiger partial charge in [0.1, 0.15) is 6.10 Å². The zero-order chi connectivity index (χ0) is 22.8. The second-order valence-corrected chi connectivity index (χ2v) is 8.03. The van der Waals surface area contributed by atoms with Gasteiger partial charge in [0.2, 0.25) is 0 Å². The molecule has 0 fully saturated rings. The lowest BCUT2D eigenvalue weighted by Gasteiger charge is -2.23. The normalized spacial score (nSPS) is 14.2. The monoisotopic (exact) mass is 431 g/mol. The molecule has 32 heavy (non-hydrogen) atoms. The fourth-order valence-corrected chi connectivity index (χ4v) is 4.33. The number of methoxy groups -OCH3 is 1. The van der Waals surface area contributed by atoms with E-state index >= 15 is 0 Å². The summed E-state index contributed by atoms with van der Waals surface area (Å²) in [6.07, 6.45) is 0.844. The van der Waals surface area contributed by atoms with Crippen LogP contribution in [0.25, 0.3) is 11.1 Å². The van der Waals surface area contributed by atoms with Crippen molar-refractivity contribution < 1.29 is 24.2 Å². The smallest absolute Gasteiger partial charge is 0.309 e. The molecule has 2 aromatic carbocycles. The van der Waals surface area contributed by atoms with Crippen molar-refractivity contribution in [2.24, 2.45) is 5.92 Å². The summed E-state index contributed by atoms with van der Waals surface area (Å²) in [5, 5.41) is 10.2. The van der Waals surface area contributed by atoms with Crippen molar-refractivity contribution >= 4 is 11.8 Å². The predicted octanol–water partition coefficient (Wildman–Crippen LogP) is 4.75. The van der Waals surface area contributed by atoms with Gasteiger partial charge >= 0.3 is 5.97 Å². The van der Waals surface area contributed by atoms with Gasteiger partial charge in [0.15, 0.2) is 23.0 Å². The molecule has 3 aromatic rings. The van der Waals surface area contributed by atoms with Crippen LogP contribution < -0.4 is 4.74 Å². The Morgan fingerprint density at radius 3 is 2.19 bits per heavy atom. The van der Waals surface area contributed by atoms with Crippen LogP contribution in [0.2, 0.25) is 0 Å². The van der Waals surface area contributed by atoms with Crippen molar-refractivity contribution in [2.75, 3.05) is 7.11 Å². The molecule has 1 aliphatic carbocycles. The molecule has 0 aliphatic heterocycles. The van der Waals surface area contributed by atoms with E-state index in [4.69, 9.17) is 9.47 Å². The first-order chi connectivity index (χ1) is 15.4. The number of carbonyl (C=O) groups is 2. The standard InChI is InChI=1S/C26H25NO5/c1-15(14-21(28)24-25(29)22(31-3)12-13-27-24)26(30)32-16(2)23-19-10-6-4-8-17(19)18-9-5-7-11-20(18)23/h4-13,15-16,23,29H,14H2,1-3H3/t15-,16?/m1/s1. The third-order valence-electron chi connectivity index (χ3n) is 5.92. The molecule has 6 heteroatoms. The molecule has 0 saturated heterocycles. The number of aromatic nitrogens is 1. The fraction of sp³-hybridized carbons (Fsp3) is 0.269. The third-order valence-corrected chi connectivity index (χ3v) is 5.92. The van der Waals surface area contributed by atoms with Gasteiger partial charge in [0, 0.05) is 24.6 Å². The van der Waals surface area contributed by atoms with Gasteiger partial charge in [-0.3, -0.25) is 9.59 Å². The number of nitrogens with zero attached hydrogens (tertiary/aromatic N) is 1. The summed E-state index contributed by atoms with van der Waals surface area (Å²) in [5.74, 6) is -1.84. The van der Waals surface area contributed by atoms with Gasteiger partial charge in [0.05, 0.1) is 13.0 Å². The van der Waals surface area contributed by atoms with Gasteiger partial charge < -0.3 is 14.6 Å². The minimum atomic E-state index is -0.691. The number of hydrogen-bond donors (Lipinski definition) is 1. The molecule has 1 N–H and O–H groups in total. The third kappa shape index (κ3) is 3.84. The van der Waals surface area contributed by atoms with Crippen molar-refractivity contribution in [3.8, 4) is 22.6 Å². The van der Waals surface area contributed by atoms with Gasteiger partial charge in [-0.1, -0.05) is 55.5 Å². The van der Waals surface area contributed by atoms with Crippen molar-refractivity contribution in [2.45, 2.75) is 32.3 Å². The van der Waals surface area contributed by atoms with Crippen LogP contribution in [0.3, 0.4) is 0 Å². The van der Waals surface area contributed by atoms with Crippen molar-refractivity contribution in [1.29, 1.82) is 0 Å². The van der Waals surface area contributed by atoms with E-state index in [1.165, 1.54) is 19.4 Å². The first-order valence-electron chi connectivity index (χ1n) is 10.6. The zero-order valence-electron chi connectivity index (χ0n) is 18.2. The molecule has 0 saturated carbocycles. The second kappa shape index (κ2) is 8.83. The Labute approximate surface area is 186 Å². The summed E-state index contributed by atoms with van der Waals surface area (Å²) in [4.78, 5) is 29.4. The molecule has 1 aromatic heterocycles. The number of ether oxygens (including phenoxy) is 2. The molecule has 0 amide bonds. The van der Waals surface area contributed by atoms with Crippen LogP contribution in [-0.2, 0) is 9.53 Å². The van der Waals surface area contributed by atoms with Crippen LogP contribution >= 0.6 is 0 Å². The van der Waals surface area contributed by atoms with E-state index in [0.717, 1.165) is 22.3 Å². The highest BCUT2D eigenvalue weighted by Crippen LogP contribution is 2.46. The van der Waals surface area contributed by atoms with Crippen LogP contribution in [0.4, 0.5) is 0 Å². The topological polar surface area (TPSA) is 85.7 Å². The summed E-state index contributed by atoms with van der Waals surface area (Å²) in [6, 6.07) is 17.7. The Morgan fingerprint density at radius 2 is 1.59 bits per heavy atom. The Kier molecular flexibility index (Phi) is 5.95. The van der Waals surface area contributed by atoms with E-state index in [0.29, 0.717) is 0 Å². The van der Waals surface area contributed by atoms with Crippen LogP contribution in [0, 0.1) is 5.92 Å². The molecule has 0 bridgehead atoms. The van der Waals surface area contributed by atoms with Crippen LogP contribution in [0.5, 0.6) is 11.5 Å². The SMILES string of the molecule is COc1ccnc(C(=O)C[C@@H](C)C(=O)OC(C)C2c3ccccc3-c3ccccc32)c1O. The number of esters is 1. The Morgan fingerprint density at radius 1 is 1.00 bits per heavy atom. The number of pyridine rings is 1. The van der Waals surface area contributed by atoms with Crippen LogP contribution in [-0.4, -0.2) is 35.1 Å². The lowest BCUT2D eigenvalue weighted by Crippen LogP contribution is -2.27. The minimum Gasteiger partial charge on any atom is -0.503 e. The summed E-state index contributed by atoms with van der Waals surface area (Å²) < 4.78 is 10.8. The zero-order valence-corrected chi connectivity index (χ0v) is 18.2. The Bertz CT molecular complexity index is 1130. The first kappa shape index (κ1) is 21.6. The summed E-state index contributed by atoms with van der Waals surface area (Å²) >= 11 is 0.